The highest BCUT2D eigenvalue weighted by Crippen LogP contribution is 2.54. The molecule has 2 aliphatic rings. The van der Waals surface area contributed by atoms with Gasteiger partial charge in [0.15, 0.2) is 0 Å². The van der Waals surface area contributed by atoms with Gasteiger partial charge in [0.1, 0.15) is 24.0 Å². The predicted molar refractivity (Wildman–Crippen MR) is 100 cm³/mol. The Bertz CT molecular complexity index is 955. The second-order valence-corrected chi connectivity index (χ2v) is 7.01. The number of halogens is 2. The van der Waals surface area contributed by atoms with Crippen LogP contribution in [0.3, 0.4) is 0 Å². The van der Waals surface area contributed by atoms with Crippen LogP contribution in [0.4, 0.5) is 10.1 Å². The second-order valence-electron chi connectivity index (χ2n) is 6.60. The Hall–Kier alpha value is -2.94. The van der Waals surface area contributed by atoms with Gasteiger partial charge in [-0.15, -0.1) is 0 Å². The molecule has 146 valence electrons. The van der Waals surface area contributed by atoms with Crippen molar-refractivity contribution in [1.82, 2.24) is 9.97 Å². The van der Waals surface area contributed by atoms with Gasteiger partial charge in [-0.05, 0) is 24.6 Å². The van der Waals surface area contributed by atoms with E-state index in [1.54, 1.807) is 18.2 Å². The second kappa shape index (κ2) is 6.90. The highest BCUT2D eigenvalue weighted by Gasteiger charge is 2.59. The number of hydrogen-bond acceptors (Lipinski definition) is 7. The average molecular weight is 406 g/mol. The summed E-state index contributed by atoms with van der Waals surface area (Å²) < 4.78 is 24.5. The number of carbonyl (C=O) groups is 1. The van der Waals surface area contributed by atoms with Crippen LogP contribution in [0.25, 0.3) is 0 Å². The molecule has 1 aromatic heterocycles. The minimum atomic E-state index is -1.22. The monoisotopic (exact) mass is 405 g/mol. The topological polar surface area (TPSA) is 112 Å². The van der Waals surface area contributed by atoms with Crippen LogP contribution in [0.1, 0.15) is 22.5 Å². The third-order valence-corrected chi connectivity index (χ3v) is 5.22. The number of hydrogen-bond donors (Lipinski definition) is 2. The molecule has 2 heterocycles. The lowest BCUT2D eigenvalue weighted by Gasteiger charge is -2.32. The number of amides is 1. The molecule has 1 saturated carbocycles. The van der Waals surface area contributed by atoms with E-state index in [1.165, 1.54) is 19.5 Å². The predicted octanol–water partition coefficient (Wildman–Crippen LogP) is 2.29. The Morgan fingerprint density at radius 3 is 2.96 bits per heavy atom. The van der Waals surface area contributed by atoms with E-state index in [0.717, 1.165) is 0 Å². The minimum absolute atomic E-state index is 0.0598. The van der Waals surface area contributed by atoms with Crippen LogP contribution < -0.4 is 15.8 Å². The van der Waals surface area contributed by atoms with E-state index in [2.05, 4.69) is 20.3 Å². The zero-order valence-electron chi connectivity index (χ0n) is 14.9. The summed E-state index contributed by atoms with van der Waals surface area (Å²) in [4.78, 5) is 24.6. The number of benzene rings is 1. The van der Waals surface area contributed by atoms with Crippen LogP contribution in [0.5, 0.6) is 5.88 Å². The quantitative estimate of drug-likeness (QED) is 0.789. The number of methoxy groups -OCH3 is 1. The maximum atomic E-state index is 14.2. The fraction of sp³-hybridized carbons (Fsp3) is 0.333. The van der Waals surface area contributed by atoms with Crippen LogP contribution in [0.15, 0.2) is 35.6 Å². The lowest BCUT2D eigenvalue weighted by molar-refractivity contribution is 0.102. The van der Waals surface area contributed by atoms with Gasteiger partial charge in [0, 0.05) is 22.2 Å². The molecule has 1 fully saturated rings. The first kappa shape index (κ1) is 18.4. The first-order valence-electron chi connectivity index (χ1n) is 8.52. The molecule has 3 N–H and O–H groups in total. The summed E-state index contributed by atoms with van der Waals surface area (Å²) in [5, 5.41) is 3.05. The summed E-state index contributed by atoms with van der Waals surface area (Å²) >= 11 is 6.35. The molecule has 2 unspecified atom stereocenters. The highest BCUT2D eigenvalue weighted by atomic mass is 35.5. The van der Waals surface area contributed by atoms with Crippen molar-refractivity contribution < 1.29 is 18.7 Å². The van der Waals surface area contributed by atoms with Crippen molar-refractivity contribution in [2.24, 2.45) is 16.6 Å². The molecule has 10 heteroatoms. The van der Waals surface area contributed by atoms with Crippen LogP contribution >= 0.6 is 11.6 Å². The van der Waals surface area contributed by atoms with Crippen LogP contribution in [0.2, 0.25) is 5.02 Å². The zero-order chi connectivity index (χ0) is 19.9. The average Bonchev–Trinajstić information content (AvgIpc) is 3.48. The van der Waals surface area contributed by atoms with Gasteiger partial charge in [0.25, 0.3) is 11.9 Å². The van der Waals surface area contributed by atoms with E-state index in [-0.39, 0.29) is 23.7 Å². The molecule has 2 aromatic rings. The fourth-order valence-corrected chi connectivity index (χ4v) is 3.68. The lowest BCUT2D eigenvalue weighted by Crippen LogP contribution is -2.39. The number of alkyl halides is 1. The smallest absolute Gasteiger partial charge is 0.283 e. The van der Waals surface area contributed by atoms with Crippen molar-refractivity contribution in [3.8, 4) is 5.88 Å². The molecule has 4 rings (SSSR count). The molecule has 0 radical (unpaired) electrons. The van der Waals surface area contributed by atoms with Gasteiger partial charge in [-0.25, -0.2) is 19.4 Å². The van der Waals surface area contributed by atoms with Gasteiger partial charge in [-0.3, -0.25) is 4.79 Å². The van der Waals surface area contributed by atoms with Gasteiger partial charge >= 0.3 is 0 Å². The summed E-state index contributed by atoms with van der Waals surface area (Å²) in [7, 11) is 1.45. The zero-order valence-corrected chi connectivity index (χ0v) is 15.6. The van der Waals surface area contributed by atoms with Crippen molar-refractivity contribution in [1.29, 1.82) is 0 Å². The van der Waals surface area contributed by atoms with E-state index in [0.29, 0.717) is 28.6 Å². The van der Waals surface area contributed by atoms with E-state index in [4.69, 9.17) is 26.8 Å². The van der Waals surface area contributed by atoms with E-state index in [9.17, 15) is 9.18 Å². The molecular weight excluding hydrogens is 389 g/mol. The summed E-state index contributed by atoms with van der Waals surface area (Å²) in [6.45, 7) is -0.778. The van der Waals surface area contributed by atoms with Crippen molar-refractivity contribution in [3.63, 3.8) is 0 Å². The minimum Gasteiger partial charge on any atom is -0.480 e. The molecular formula is C18H17ClFN5O3. The largest absolute Gasteiger partial charge is 0.480 e. The standard InChI is InChI=1S/C18H17ClFN5O3/c1-27-15-7-22-13(6-23-15)16(26)24-9-2-3-12(19)10(4-9)18(8-20)11-5-14(11)28-17(21)25-18/h2-4,6-7,11,14H,5,8H2,1H3,(H2,21,25)(H,24,26)/t11-,14?,18?/m1/s1. The van der Waals surface area contributed by atoms with Crippen molar-refractivity contribution >= 4 is 29.2 Å². The summed E-state index contributed by atoms with van der Waals surface area (Å²) in [6, 6.07) is 4.75. The number of rotatable bonds is 5. The molecule has 28 heavy (non-hydrogen) atoms. The van der Waals surface area contributed by atoms with E-state index in [1.807, 2.05) is 0 Å². The SMILES string of the molecule is COc1cnc(C(=O)Nc2ccc(Cl)c(C3(CF)N=C(N)OC4C[C@H]43)c2)cn1. The molecule has 1 amide bonds. The molecule has 1 aliphatic heterocycles. The molecule has 0 bridgehead atoms. The molecule has 8 nitrogen and oxygen atoms in total. The molecule has 0 saturated heterocycles. The van der Waals surface area contributed by atoms with E-state index >= 15 is 0 Å². The van der Waals surface area contributed by atoms with Gasteiger partial charge in [-0.1, -0.05) is 11.6 Å². The molecule has 1 aliphatic carbocycles. The first-order chi connectivity index (χ1) is 13.5. The number of aromatic nitrogens is 2. The third-order valence-electron chi connectivity index (χ3n) is 4.89. The van der Waals surface area contributed by atoms with Gasteiger partial charge in [0.05, 0.1) is 19.5 Å². The number of nitrogens with one attached hydrogen (secondary N) is 1. The third kappa shape index (κ3) is 3.11. The fourth-order valence-electron chi connectivity index (χ4n) is 3.40. The number of amidine groups is 1. The lowest BCUT2D eigenvalue weighted by atomic mass is 9.85. The van der Waals surface area contributed by atoms with Crippen molar-refractivity contribution in [3.05, 3.63) is 46.9 Å². The molecule has 1 aromatic carbocycles. The Balaban J connectivity index is 1.64. The number of anilines is 1. The molecule has 0 spiro atoms. The number of aliphatic imine (C=N–C) groups is 1. The van der Waals surface area contributed by atoms with Crippen LogP contribution in [-0.4, -0.2) is 41.8 Å². The Morgan fingerprint density at radius 1 is 1.46 bits per heavy atom. The van der Waals surface area contributed by atoms with Gasteiger partial charge in [0.2, 0.25) is 5.88 Å². The van der Waals surface area contributed by atoms with Gasteiger partial charge < -0.3 is 20.5 Å². The summed E-state index contributed by atoms with van der Waals surface area (Å²) in [5.74, 6) is -0.332. The number of ether oxygens (including phenoxy) is 2. The van der Waals surface area contributed by atoms with Crippen LogP contribution in [0, 0.1) is 5.92 Å². The number of nitrogens with zero attached hydrogens (tertiary/aromatic N) is 3. The number of fused-ring (bicyclic) bond motifs is 1. The normalized spacial score (nSPS) is 25.2. The highest BCUT2D eigenvalue weighted by molar-refractivity contribution is 6.31. The number of nitrogens with two attached hydrogens (primary N) is 1. The molecule has 3 atom stereocenters. The summed E-state index contributed by atoms with van der Waals surface area (Å²) in [6.07, 6.45) is 3.11. The van der Waals surface area contributed by atoms with E-state index < -0.39 is 18.1 Å². The first-order valence-corrected chi connectivity index (χ1v) is 8.90. The Kier molecular flexibility index (Phi) is 4.54. The Labute approximate surface area is 164 Å². The number of carbonyl (C=O) groups excluding carboxylic acids is 1. The maximum Gasteiger partial charge on any atom is 0.283 e. The van der Waals surface area contributed by atoms with Crippen molar-refractivity contribution in [2.75, 3.05) is 19.1 Å². The summed E-state index contributed by atoms with van der Waals surface area (Å²) in [5.41, 5.74) is 5.50. The van der Waals surface area contributed by atoms with Crippen LogP contribution in [-0.2, 0) is 10.3 Å². The van der Waals surface area contributed by atoms with Crippen molar-refractivity contribution in [2.45, 2.75) is 18.1 Å². The Morgan fingerprint density at radius 2 is 2.29 bits per heavy atom. The van der Waals surface area contributed by atoms with Gasteiger partial charge in [-0.2, -0.15) is 0 Å². The maximum absolute atomic E-state index is 14.2.